The van der Waals surface area contributed by atoms with Crippen molar-refractivity contribution in [2.75, 3.05) is 6.54 Å². The molecule has 0 spiro atoms. The summed E-state index contributed by atoms with van der Waals surface area (Å²) in [6, 6.07) is 5.90. The van der Waals surface area contributed by atoms with E-state index in [0.717, 1.165) is 48.6 Å². The molecule has 2 heterocycles. The smallest absolute Gasteiger partial charge is 0.223 e. The van der Waals surface area contributed by atoms with Gasteiger partial charge in [-0.2, -0.15) is 0 Å². The number of allylic oxidation sites excluding steroid dienone is 1. The van der Waals surface area contributed by atoms with E-state index in [9.17, 15) is 4.79 Å². The molecule has 1 N–H and O–H groups in total. The van der Waals surface area contributed by atoms with E-state index in [1.165, 1.54) is 36.1 Å². The van der Waals surface area contributed by atoms with Crippen molar-refractivity contribution in [2.45, 2.75) is 51.4 Å². The van der Waals surface area contributed by atoms with Crippen LogP contribution in [-0.2, 0) is 17.6 Å². The molecule has 0 saturated heterocycles. The maximum Gasteiger partial charge on any atom is 0.223 e. The van der Waals surface area contributed by atoms with Gasteiger partial charge in [-0.25, -0.2) is 4.98 Å². The quantitative estimate of drug-likeness (QED) is 0.801. The zero-order valence-electron chi connectivity index (χ0n) is 15.0. The first kappa shape index (κ1) is 17.4. The normalized spacial score (nSPS) is 19.5. The van der Waals surface area contributed by atoms with E-state index in [1.807, 2.05) is 18.2 Å². The topological polar surface area (TPSA) is 54.9 Å². The minimum absolute atomic E-state index is 0.0832. The maximum absolute atomic E-state index is 12.6. The molecule has 2 aromatic rings. The number of fused-ring (bicyclic) bond motifs is 1. The number of aryl methyl sites for hydroxylation is 1. The third-order valence-corrected chi connectivity index (χ3v) is 6.47. The summed E-state index contributed by atoms with van der Waals surface area (Å²) >= 11 is 1.69. The van der Waals surface area contributed by atoms with Crippen LogP contribution in [0.15, 0.2) is 36.0 Å². The molecular weight excluding hydrogens is 342 g/mol. The Morgan fingerprint density at radius 1 is 1.27 bits per heavy atom. The molecule has 0 saturated carbocycles. The third-order valence-electron chi connectivity index (χ3n) is 5.32. The van der Waals surface area contributed by atoms with Gasteiger partial charge in [-0.3, -0.25) is 9.78 Å². The summed E-state index contributed by atoms with van der Waals surface area (Å²) in [5.74, 6) is 0.291. The highest BCUT2D eigenvalue weighted by Gasteiger charge is 2.27. The Hall–Kier alpha value is -2.01. The maximum atomic E-state index is 12.6. The van der Waals surface area contributed by atoms with E-state index in [2.05, 4.69) is 16.4 Å². The summed E-state index contributed by atoms with van der Waals surface area (Å²) in [6.07, 6.45) is 12.8. The molecule has 1 unspecified atom stereocenters. The first-order chi connectivity index (χ1) is 12.8. The highest BCUT2D eigenvalue weighted by Crippen LogP contribution is 2.34. The SMILES string of the molecule is O=C(NCCC1=CCCCC1)C1CCc2nc(-c3ccccn3)sc2C1. The van der Waals surface area contributed by atoms with Crippen LogP contribution < -0.4 is 5.32 Å². The second-order valence-corrected chi connectivity index (χ2v) is 8.28. The van der Waals surface area contributed by atoms with E-state index in [1.54, 1.807) is 17.5 Å². The molecule has 0 fully saturated rings. The average Bonchev–Trinajstić information content (AvgIpc) is 3.13. The second kappa shape index (κ2) is 8.12. The molecular formula is C21H25N3OS. The van der Waals surface area contributed by atoms with E-state index in [-0.39, 0.29) is 11.8 Å². The highest BCUT2D eigenvalue weighted by molar-refractivity contribution is 7.15. The Bertz CT molecular complexity index is 797. The summed E-state index contributed by atoms with van der Waals surface area (Å²) in [6.45, 7) is 0.774. The minimum Gasteiger partial charge on any atom is -0.356 e. The van der Waals surface area contributed by atoms with Gasteiger partial charge >= 0.3 is 0 Å². The molecule has 1 atom stereocenters. The van der Waals surface area contributed by atoms with Crippen LogP contribution in [0.3, 0.4) is 0 Å². The van der Waals surface area contributed by atoms with Crippen LogP contribution in [0.5, 0.6) is 0 Å². The van der Waals surface area contributed by atoms with Gasteiger partial charge in [-0.15, -0.1) is 11.3 Å². The standard InChI is InChI=1S/C21H25N3OS/c25-20(23-13-11-15-6-2-1-3-7-15)16-9-10-17-19(14-16)26-21(24-17)18-8-4-5-12-22-18/h4-6,8,12,16H,1-3,7,9-11,13-14H2,(H,23,25). The van der Waals surface area contributed by atoms with Crippen LogP contribution >= 0.6 is 11.3 Å². The van der Waals surface area contributed by atoms with E-state index in [0.29, 0.717) is 0 Å². The Labute approximate surface area is 158 Å². The lowest BCUT2D eigenvalue weighted by atomic mass is 9.90. The van der Waals surface area contributed by atoms with Crippen molar-refractivity contribution < 1.29 is 4.79 Å². The molecule has 26 heavy (non-hydrogen) atoms. The van der Waals surface area contributed by atoms with Crippen molar-refractivity contribution in [3.8, 4) is 10.7 Å². The monoisotopic (exact) mass is 367 g/mol. The summed E-state index contributed by atoms with van der Waals surface area (Å²) in [5, 5.41) is 4.13. The number of hydrogen-bond donors (Lipinski definition) is 1. The van der Waals surface area contributed by atoms with Gasteiger partial charge < -0.3 is 5.32 Å². The molecule has 2 aromatic heterocycles. The molecule has 2 aliphatic rings. The minimum atomic E-state index is 0.0832. The van der Waals surface area contributed by atoms with E-state index >= 15 is 0 Å². The average molecular weight is 368 g/mol. The molecule has 1 amide bonds. The summed E-state index contributed by atoms with van der Waals surface area (Å²) in [4.78, 5) is 23.0. The lowest BCUT2D eigenvalue weighted by molar-refractivity contribution is -0.125. The van der Waals surface area contributed by atoms with Gasteiger partial charge in [0, 0.05) is 23.5 Å². The molecule has 0 aromatic carbocycles. The van der Waals surface area contributed by atoms with Crippen molar-refractivity contribution >= 4 is 17.2 Å². The Balaban J connectivity index is 1.33. The number of nitrogens with one attached hydrogen (secondary N) is 1. The predicted molar refractivity (Wildman–Crippen MR) is 105 cm³/mol. The van der Waals surface area contributed by atoms with Gasteiger partial charge in [-0.1, -0.05) is 17.7 Å². The number of amides is 1. The number of nitrogens with zero attached hydrogens (tertiary/aromatic N) is 2. The summed E-state index contributed by atoms with van der Waals surface area (Å²) in [7, 11) is 0. The van der Waals surface area contributed by atoms with Crippen molar-refractivity contribution in [3.63, 3.8) is 0 Å². The van der Waals surface area contributed by atoms with Crippen molar-refractivity contribution in [1.82, 2.24) is 15.3 Å². The molecule has 5 heteroatoms. The first-order valence-corrected chi connectivity index (χ1v) is 10.5. The van der Waals surface area contributed by atoms with Crippen LogP contribution in [0.2, 0.25) is 0 Å². The van der Waals surface area contributed by atoms with Crippen LogP contribution in [0, 0.1) is 5.92 Å². The first-order valence-electron chi connectivity index (χ1n) is 9.65. The van der Waals surface area contributed by atoms with Gasteiger partial charge in [-0.05, 0) is 63.5 Å². The fraction of sp³-hybridized carbons (Fsp3) is 0.476. The van der Waals surface area contributed by atoms with Crippen LogP contribution in [0.4, 0.5) is 0 Å². The highest BCUT2D eigenvalue weighted by atomic mass is 32.1. The molecule has 4 nitrogen and oxygen atoms in total. The number of aromatic nitrogens is 2. The number of carbonyl (C=O) groups is 1. The lowest BCUT2D eigenvalue weighted by Crippen LogP contribution is -2.34. The number of rotatable bonds is 5. The van der Waals surface area contributed by atoms with Gasteiger partial charge in [0.05, 0.1) is 11.4 Å². The number of carbonyl (C=O) groups excluding carboxylic acids is 1. The fourth-order valence-electron chi connectivity index (χ4n) is 3.82. The summed E-state index contributed by atoms with van der Waals surface area (Å²) in [5.41, 5.74) is 3.60. The second-order valence-electron chi connectivity index (χ2n) is 7.19. The lowest BCUT2D eigenvalue weighted by Gasteiger charge is -2.21. The largest absolute Gasteiger partial charge is 0.356 e. The molecule has 136 valence electrons. The van der Waals surface area contributed by atoms with Crippen molar-refractivity contribution in [1.29, 1.82) is 0 Å². The molecule has 0 aliphatic heterocycles. The van der Waals surface area contributed by atoms with E-state index in [4.69, 9.17) is 4.98 Å². The zero-order chi connectivity index (χ0) is 17.8. The van der Waals surface area contributed by atoms with Gasteiger partial charge in [0.2, 0.25) is 5.91 Å². The summed E-state index contributed by atoms with van der Waals surface area (Å²) < 4.78 is 0. The van der Waals surface area contributed by atoms with E-state index < -0.39 is 0 Å². The van der Waals surface area contributed by atoms with Gasteiger partial charge in [0.15, 0.2) is 0 Å². The molecule has 2 aliphatic carbocycles. The van der Waals surface area contributed by atoms with Crippen molar-refractivity contribution in [2.24, 2.45) is 5.92 Å². The van der Waals surface area contributed by atoms with Crippen molar-refractivity contribution in [3.05, 3.63) is 46.6 Å². The number of thiazole rings is 1. The van der Waals surface area contributed by atoms with Crippen LogP contribution in [0.1, 0.15) is 49.1 Å². The molecule has 0 bridgehead atoms. The molecule has 4 rings (SSSR count). The van der Waals surface area contributed by atoms with Crippen LogP contribution in [-0.4, -0.2) is 22.4 Å². The zero-order valence-corrected chi connectivity index (χ0v) is 15.9. The predicted octanol–water partition coefficient (Wildman–Crippen LogP) is 4.32. The van der Waals surface area contributed by atoms with Gasteiger partial charge in [0.25, 0.3) is 0 Å². The Morgan fingerprint density at radius 3 is 3.04 bits per heavy atom. The van der Waals surface area contributed by atoms with Gasteiger partial charge in [0.1, 0.15) is 5.01 Å². The number of hydrogen-bond acceptors (Lipinski definition) is 4. The fourth-order valence-corrected chi connectivity index (χ4v) is 4.98. The Kier molecular flexibility index (Phi) is 5.44. The van der Waals surface area contributed by atoms with Crippen LogP contribution in [0.25, 0.3) is 10.7 Å². The number of pyridine rings is 1. The molecule has 0 radical (unpaired) electrons. The third kappa shape index (κ3) is 4.04. The Morgan fingerprint density at radius 2 is 2.23 bits per heavy atom.